The van der Waals surface area contributed by atoms with Gasteiger partial charge in [-0.25, -0.2) is 0 Å². The largest absolute Gasteiger partial charge is 0.385 e. The molecule has 1 unspecified atom stereocenters. The standard InChI is InChI=1S/C28H36O3/c1-22(12-10-18-30-3)20-26(23(2)13-11-19-31-4)21-25-16-8-9-17-27(25)28(29)24-14-6-5-7-15-24/h5-9,14-17,26H,1-2,10-13,18-21H2,3-4H3. The highest BCUT2D eigenvalue weighted by Gasteiger charge is 2.19. The molecule has 1 atom stereocenters. The molecule has 2 aromatic carbocycles. The number of hydrogen-bond acceptors (Lipinski definition) is 3. The average Bonchev–Trinajstić information content (AvgIpc) is 2.79. The first-order valence-corrected chi connectivity index (χ1v) is 11.1. The first-order valence-electron chi connectivity index (χ1n) is 11.1. The molecule has 0 heterocycles. The van der Waals surface area contributed by atoms with Gasteiger partial charge in [0.15, 0.2) is 5.78 Å². The maximum atomic E-state index is 13.2. The lowest BCUT2D eigenvalue weighted by Crippen LogP contribution is -2.13. The van der Waals surface area contributed by atoms with Crippen LogP contribution in [0.15, 0.2) is 78.9 Å². The molecule has 0 aliphatic carbocycles. The van der Waals surface area contributed by atoms with E-state index < -0.39 is 0 Å². The summed E-state index contributed by atoms with van der Waals surface area (Å²) in [6.07, 6.45) is 5.44. The molecular formula is C28H36O3. The van der Waals surface area contributed by atoms with Crippen LogP contribution >= 0.6 is 0 Å². The second kappa shape index (κ2) is 13.7. The molecular weight excluding hydrogens is 384 g/mol. The summed E-state index contributed by atoms with van der Waals surface area (Å²) in [5.41, 5.74) is 4.97. The Bertz CT molecular complexity index is 838. The van der Waals surface area contributed by atoms with Crippen LogP contribution in [0.1, 0.15) is 53.6 Å². The lowest BCUT2D eigenvalue weighted by molar-refractivity contribution is 0.103. The highest BCUT2D eigenvalue weighted by atomic mass is 16.5. The summed E-state index contributed by atoms with van der Waals surface area (Å²) in [4.78, 5) is 13.2. The number of hydrogen-bond donors (Lipinski definition) is 0. The third-order valence-electron chi connectivity index (χ3n) is 5.60. The molecule has 0 N–H and O–H groups in total. The van der Waals surface area contributed by atoms with E-state index in [1.165, 1.54) is 11.1 Å². The highest BCUT2D eigenvalue weighted by molar-refractivity contribution is 6.09. The van der Waals surface area contributed by atoms with Crippen molar-refractivity contribution in [3.63, 3.8) is 0 Å². The van der Waals surface area contributed by atoms with Gasteiger partial charge in [0.25, 0.3) is 0 Å². The van der Waals surface area contributed by atoms with Crippen LogP contribution in [-0.2, 0) is 15.9 Å². The van der Waals surface area contributed by atoms with E-state index in [0.29, 0.717) is 0 Å². The lowest BCUT2D eigenvalue weighted by Gasteiger charge is -2.22. The summed E-state index contributed by atoms with van der Waals surface area (Å²) >= 11 is 0. The summed E-state index contributed by atoms with van der Waals surface area (Å²) in [6.45, 7) is 10.2. The normalized spacial score (nSPS) is 11.8. The Labute approximate surface area is 187 Å². The van der Waals surface area contributed by atoms with E-state index in [4.69, 9.17) is 9.47 Å². The summed E-state index contributed by atoms with van der Waals surface area (Å²) in [6, 6.07) is 17.4. The second-order valence-corrected chi connectivity index (χ2v) is 8.06. The Kier molecular flexibility index (Phi) is 11.0. The minimum Gasteiger partial charge on any atom is -0.385 e. The number of carbonyl (C=O) groups excluding carboxylic acids is 1. The number of benzene rings is 2. The molecule has 0 amide bonds. The van der Waals surface area contributed by atoms with Crippen molar-refractivity contribution in [2.75, 3.05) is 27.4 Å². The van der Waals surface area contributed by atoms with Crippen LogP contribution in [0.4, 0.5) is 0 Å². The Balaban J connectivity index is 2.20. The molecule has 166 valence electrons. The fourth-order valence-electron chi connectivity index (χ4n) is 3.86. The average molecular weight is 421 g/mol. The van der Waals surface area contributed by atoms with Crippen LogP contribution in [-0.4, -0.2) is 33.2 Å². The smallest absolute Gasteiger partial charge is 0.193 e. The van der Waals surface area contributed by atoms with E-state index in [-0.39, 0.29) is 11.7 Å². The van der Waals surface area contributed by atoms with Gasteiger partial charge in [0.1, 0.15) is 0 Å². The molecule has 0 saturated heterocycles. The molecule has 0 bridgehead atoms. The van der Waals surface area contributed by atoms with Crippen molar-refractivity contribution in [3.8, 4) is 0 Å². The molecule has 0 saturated carbocycles. The number of carbonyl (C=O) groups is 1. The molecule has 3 heteroatoms. The lowest BCUT2D eigenvalue weighted by atomic mass is 9.82. The fraction of sp³-hybridized carbons (Fsp3) is 0.393. The molecule has 0 aliphatic rings. The molecule has 0 aliphatic heterocycles. The van der Waals surface area contributed by atoms with Crippen molar-refractivity contribution in [1.82, 2.24) is 0 Å². The van der Waals surface area contributed by atoms with Crippen molar-refractivity contribution >= 4 is 5.78 Å². The molecule has 0 fully saturated rings. The first-order chi connectivity index (χ1) is 15.1. The van der Waals surface area contributed by atoms with Crippen molar-refractivity contribution in [2.24, 2.45) is 5.92 Å². The predicted molar refractivity (Wildman–Crippen MR) is 129 cm³/mol. The van der Waals surface area contributed by atoms with E-state index in [1.54, 1.807) is 14.2 Å². The highest BCUT2D eigenvalue weighted by Crippen LogP contribution is 2.29. The van der Waals surface area contributed by atoms with E-state index in [0.717, 1.165) is 68.4 Å². The Morgan fingerprint density at radius 2 is 1.48 bits per heavy atom. The number of methoxy groups -OCH3 is 2. The SMILES string of the molecule is C=C(CCCOC)CC(Cc1ccccc1C(=O)c1ccccc1)C(=C)CCCOC. The van der Waals surface area contributed by atoms with E-state index in [1.807, 2.05) is 48.5 Å². The summed E-state index contributed by atoms with van der Waals surface area (Å²) in [7, 11) is 3.45. The van der Waals surface area contributed by atoms with Gasteiger partial charge in [-0.1, -0.05) is 78.9 Å². The number of ether oxygens (including phenoxy) is 2. The molecule has 0 spiro atoms. The monoisotopic (exact) mass is 420 g/mol. The molecule has 0 radical (unpaired) electrons. The Hall–Kier alpha value is -2.49. The van der Waals surface area contributed by atoms with Gasteiger partial charge in [0, 0.05) is 38.6 Å². The zero-order valence-corrected chi connectivity index (χ0v) is 19.1. The van der Waals surface area contributed by atoms with Gasteiger partial charge in [0.2, 0.25) is 0 Å². The van der Waals surface area contributed by atoms with Gasteiger partial charge in [-0.05, 0) is 50.0 Å². The van der Waals surface area contributed by atoms with Crippen LogP contribution in [0.3, 0.4) is 0 Å². The van der Waals surface area contributed by atoms with Gasteiger partial charge in [0.05, 0.1) is 0 Å². The molecule has 2 rings (SSSR count). The second-order valence-electron chi connectivity index (χ2n) is 8.06. The quantitative estimate of drug-likeness (QED) is 0.189. The Morgan fingerprint density at radius 3 is 2.16 bits per heavy atom. The minimum atomic E-state index is 0.0684. The van der Waals surface area contributed by atoms with Gasteiger partial charge >= 0.3 is 0 Å². The maximum Gasteiger partial charge on any atom is 0.193 e. The van der Waals surface area contributed by atoms with Gasteiger partial charge in [-0.2, -0.15) is 0 Å². The van der Waals surface area contributed by atoms with Crippen LogP contribution in [0.25, 0.3) is 0 Å². The number of allylic oxidation sites excluding steroid dienone is 2. The summed E-state index contributed by atoms with van der Waals surface area (Å²) in [5, 5.41) is 0. The molecule has 31 heavy (non-hydrogen) atoms. The third kappa shape index (κ3) is 8.28. The van der Waals surface area contributed by atoms with Crippen molar-refractivity contribution < 1.29 is 14.3 Å². The van der Waals surface area contributed by atoms with Crippen molar-refractivity contribution in [1.29, 1.82) is 0 Å². The van der Waals surface area contributed by atoms with Crippen LogP contribution in [0.5, 0.6) is 0 Å². The van der Waals surface area contributed by atoms with Gasteiger partial charge < -0.3 is 9.47 Å². The van der Waals surface area contributed by atoms with E-state index in [9.17, 15) is 4.79 Å². The van der Waals surface area contributed by atoms with Gasteiger partial charge in [-0.15, -0.1) is 0 Å². The van der Waals surface area contributed by atoms with Crippen molar-refractivity contribution in [2.45, 2.75) is 38.5 Å². The summed E-state index contributed by atoms with van der Waals surface area (Å²) in [5.74, 6) is 0.315. The predicted octanol–water partition coefficient (Wildman–Crippen LogP) is 6.43. The number of ketones is 1. The van der Waals surface area contributed by atoms with E-state index in [2.05, 4.69) is 19.2 Å². The zero-order chi connectivity index (χ0) is 22.5. The van der Waals surface area contributed by atoms with Crippen molar-refractivity contribution in [3.05, 3.63) is 95.6 Å². The summed E-state index contributed by atoms with van der Waals surface area (Å²) < 4.78 is 10.4. The van der Waals surface area contributed by atoms with Crippen LogP contribution < -0.4 is 0 Å². The number of rotatable bonds is 15. The fourth-order valence-corrected chi connectivity index (χ4v) is 3.86. The topological polar surface area (TPSA) is 35.5 Å². The first kappa shape index (κ1) is 24.8. The molecule has 2 aromatic rings. The Morgan fingerprint density at radius 1 is 0.871 bits per heavy atom. The minimum absolute atomic E-state index is 0.0684. The van der Waals surface area contributed by atoms with Gasteiger partial charge in [-0.3, -0.25) is 4.79 Å². The maximum absolute atomic E-state index is 13.2. The zero-order valence-electron chi connectivity index (χ0n) is 19.1. The molecule has 0 aromatic heterocycles. The van der Waals surface area contributed by atoms with E-state index >= 15 is 0 Å². The molecule has 3 nitrogen and oxygen atoms in total. The van der Waals surface area contributed by atoms with Crippen LogP contribution in [0.2, 0.25) is 0 Å². The van der Waals surface area contributed by atoms with Crippen LogP contribution in [0, 0.1) is 5.92 Å². The third-order valence-corrected chi connectivity index (χ3v) is 5.60.